The van der Waals surface area contributed by atoms with Crippen molar-refractivity contribution < 1.29 is 9.53 Å². The molecule has 0 aliphatic carbocycles. The Bertz CT molecular complexity index is 295. The summed E-state index contributed by atoms with van der Waals surface area (Å²) in [5.74, 6) is 0.294. The van der Waals surface area contributed by atoms with Crippen LogP contribution in [0, 0.1) is 0 Å². The number of ether oxygens (including phenoxy) is 1. The predicted molar refractivity (Wildman–Crippen MR) is 80.7 cm³/mol. The average molecular weight is 282 g/mol. The zero-order valence-electron chi connectivity index (χ0n) is 13.1. The molecule has 2 heterocycles. The maximum Gasteiger partial charge on any atom is 0.222 e. The van der Waals surface area contributed by atoms with Crippen LogP contribution in [0.5, 0.6) is 0 Å². The van der Waals surface area contributed by atoms with Crippen molar-refractivity contribution in [2.24, 2.45) is 0 Å². The van der Waals surface area contributed by atoms with E-state index < -0.39 is 0 Å². The second-order valence-corrected chi connectivity index (χ2v) is 6.46. The maximum absolute atomic E-state index is 12.5. The average Bonchev–Trinajstić information content (AvgIpc) is 2.96. The number of hydrogen-bond donors (Lipinski definition) is 1. The van der Waals surface area contributed by atoms with Crippen LogP contribution in [0.25, 0.3) is 0 Å². The molecule has 4 nitrogen and oxygen atoms in total. The van der Waals surface area contributed by atoms with Crippen LogP contribution in [0.15, 0.2) is 0 Å². The van der Waals surface area contributed by atoms with Crippen LogP contribution in [0.2, 0.25) is 0 Å². The first-order valence-corrected chi connectivity index (χ1v) is 8.31. The van der Waals surface area contributed by atoms with Gasteiger partial charge in [-0.3, -0.25) is 4.79 Å². The van der Waals surface area contributed by atoms with Crippen molar-refractivity contribution in [3.8, 4) is 0 Å². The second-order valence-electron chi connectivity index (χ2n) is 6.46. The van der Waals surface area contributed by atoms with Gasteiger partial charge in [-0.15, -0.1) is 0 Å². The summed E-state index contributed by atoms with van der Waals surface area (Å²) in [5.41, 5.74) is 0. The summed E-state index contributed by atoms with van der Waals surface area (Å²) in [6.45, 7) is 7.06. The predicted octanol–water partition coefficient (Wildman–Crippen LogP) is 2.32. The molecule has 0 aromatic rings. The minimum atomic E-state index is 0.289. The van der Waals surface area contributed by atoms with E-state index in [1.165, 1.54) is 25.7 Å². The van der Waals surface area contributed by atoms with Gasteiger partial charge in [-0.2, -0.15) is 0 Å². The highest BCUT2D eigenvalue weighted by molar-refractivity contribution is 5.76. The molecule has 1 amide bonds. The number of amides is 1. The zero-order chi connectivity index (χ0) is 14.4. The largest absolute Gasteiger partial charge is 0.378 e. The van der Waals surface area contributed by atoms with Gasteiger partial charge in [0.15, 0.2) is 0 Å². The molecule has 2 rings (SSSR count). The summed E-state index contributed by atoms with van der Waals surface area (Å²) in [4.78, 5) is 14.5. The highest BCUT2D eigenvalue weighted by Gasteiger charge is 2.24. The van der Waals surface area contributed by atoms with Crippen LogP contribution in [0.1, 0.15) is 58.8 Å². The van der Waals surface area contributed by atoms with Gasteiger partial charge in [-0.1, -0.05) is 0 Å². The van der Waals surface area contributed by atoms with Crippen molar-refractivity contribution in [1.82, 2.24) is 10.2 Å². The van der Waals surface area contributed by atoms with E-state index in [9.17, 15) is 4.79 Å². The molecule has 116 valence electrons. The van der Waals surface area contributed by atoms with Crippen molar-refractivity contribution in [1.29, 1.82) is 0 Å². The molecule has 0 bridgehead atoms. The molecular formula is C16H30N2O2. The van der Waals surface area contributed by atoms with Gasteiger partial charge in [-0.25, -0.2) is 0 Å². The minimum Gasteiger partial charge on any atom is -0.378 e. The molecule has 0 aromatic carbocycles. The Morgan fingerprint density at radius 3 is 2.75 bits per heavy atom. The van der Waals surface area contributed by atoms with Crippen LogP contribution < -0.4 is 5.32 Å². The monoisotopic (exact) mass is 282 g/mol. The summed E-state index contributed by atoms with van der Waals surface area (Å²) >= 11 is 0. The highest BCUT2D eigenvalue weighted by atomic mass is 16.5. The molecule has 20 heavy (non-hydrogen) atoms. The van der Waals surface area contributed by atoms with Gasteiger partial charge in [-0.05, 0) is 58.9 Å². The van der Waals surface area contributed by atoms with Gasteiger partial charge in [0.25, 0.3) is 0 Å². The van der Waals surface area contributed by atoms with E-state index in [0.29, 0.717) is 24.5 Å². The van der Waals surface area contributed by atoms with Gasteiger partial charge in [0.1, 0.15) is 0 Å². The van der Waals surface area contributed by atoms with Gasteiger partial charge in [0.2, 0.25) is 5.91 Å². The van der Waals surface area contributed by atoms with Crippen molar-refractivity contribution in [2.45, 2.75) is 77.0 Å². The summed E-state index contributed by atoms with van der Waals surface area (Å²) in [6, 6.07) is 0.782. The fourth-order valence-electron chi connectivity index (χ4n) is 3.21. The maximum atomic E-state index is 12.5. The van der Waals surface area contributed by atoms with Crippen molar-refractivity contribution in [3.63, 3.8) is 0 Å². The Hall–Kier alpha value is -0.610. The van der Waals surface area contributed by atoms with Gasteiger partial charge >= 0.3 is 0 Å². The molecule has 2 saturated heterocycles. The van der Waals surface area contributed by atoms with E-state index >= 15 is 0 Å². The lowest BCUT2D eigenvalue weighted by molar-refractivity contribution is -0.134. The minimum absolute atomic E-state index is 0.289. The van der Waals surface area contributed by atoms with E-state index in [4.69, 9.17) is 4.74 Å². The summed E-state index contributed by atoms with van der Waals surface area (Å²) < 4.78 is 5.72. The number of carbonyl (C=O) groups is 1. The van der Waals surface area contributed by atoms with Gasteiger partial charge in [0.05, 0.1) is 6.10 Å². The molecule has 2 atom stereocenters. The van der Waals surface area contributed by atoms with E-state index in [1.807, 2.05) is 4.90 Å². The van der Waals surface area contributed by atoms with Crippen molar-refractivity contribution >= 4 is 5.91 Å². The number of rotatable bonds is 6. The van der Waals surface area contributed by atoms with E-state index in [1.54, 1.807) is 0 Å². The molecule has 2 aliphatic heterocycles. The Kier molecular flexibility index (Phi) is 6.30. The number of hydrogen-bond acceptors (Lipinski definition) is 3. The van der Waals surface area contributed by atoms with E-state index in [-0.39, 0.29) is 6.04 Å². The molecule has 0 saturated carbocycles. The molecule has 2 fully saturated rings. The fourth-order valence-corrected chi connectivity index (χ4v) is 3.21. The molecule has 2 unspecified atom stereocenters. The third-order valence-electron chi connectivity index (χ3n) is 4.48. The molecule has 0 aromatic heterocycles. The van der Waals surface area contributed by atoms with Crippen molar-refractivity contribution in [3.05, 3.63) is 0 Å². The normalized spacial score (nSPS) is 26.9. The molecule has 0 spiro atoms. The molecule has 0 radical (unpaired) electrons. The SMILES string of the molecule is CC(C)N(CC1CCCN1)C(=O)CCC1CCCCO1. The lowest BCUT2D eigenvalue weighted by atomic mass is 10.0. The summed E-state index contributed by atoms with van der Waals surface area (Å²) in [6.07, 6.45) is 7.82. The fraction of sp³-hybridized carbons (Fsp3) is 0.938. The zero-order valence-corrected chi connectivity index (χ0v) is 13.1. The van der Waals surface area contributed by atoms with Crippen LogP contribution in [-0.2, 0) is 9.53 Å². The second kappa shape index (κ2) is 7.99. The molecular weight excluding hydrogens is 252 g/mol. The Labute approximate surface area is 123 Å². The topological polar surface area (TPSA) is 41.6 Å². The lowest BCUT2D eigenvalue weighted by Gasteiger charge is -2.30. The van der Waals surface area contributed by atoms with Crippen LogP contribution in [-0.4, -0.2) is 48.7 Å². The summed E-state index contributed by atoms with van der Waals surface area (Å²) in [5, 5.41) is 3.48. The molecule has 2 aliphatic rings. The Morgan fingerprint density at radius 1 is 1.30 bits per heavy atom. The first-order chi connectivity index (χ1) is 9.66. The van der Waals surface area contributed by atoms with Gasteiger partial charge < -0.3 is 15.0 Å². The van der Waals surface area contributed by atoms with Gasteiger partial charge in [0, 0.05) is 31.7 Å². The van der Waals surface area contributed by atoms with E-state index in [2.05, 4.69) is 19.2 Å². The Morgan fingerprint density at radius 2 is 2.15 bits per heavy atom. The first-order valence-electron chi connectivity index (χ1n) is 8.31. The molecule has 4 heteroatoms. The van der Waals surface area contributed by atoms with Crippen LogP contribution >= 0.6 is 0 Å². The molecule has 1 N–H and O–H groups in total. The number of nitrogens with zero attached hydrogens (tertiary/aromatic N) is 1. The third-order valence-corrected chi connectivity index (χ3v) is 4.48. The smallest absolute Gasteiger partial charge is 0.222 e. The quantitative estimate of drug-likeness (QED) is 0.813. The first kappa shape index (κ1) is 15.8. The lowest BCUT2D eigenvalue weighted by Crippen LogP contribution is -2.45. The van der Waals surface area contributed by atoms with Crippen molar-refractivity contribution in [2.75, 3.05) is 19.7 Å². The Balaban J connectivity index is 1.76. The number of carbonyl (C=O) groups excluding carboxylic acids is 1. The highest BCUT2D eigenvalue weighted by Crippen LogP contribution is 2.18. The third kappa shape index (κ3) is 4.74. The van der Waals surface area contributed by atoms with E-state index in [0.717, 1.165) is 32.5 Å². The van der Waals surface area contributed by atoms with Crippen LogP contribution in [0.3, 0.4) is 0 Å². The standard InChI is InChI=1S/C16H30N2O2/c1-13(2)18(12-14-6-5-10-17-14)16(19)9-8-15-7-3-4-11-20-15/h13-15,17H,3-12H2,1-2H3. The van der Waals surface area contributed by atoms with Crippen LogP contribution in [0.4, 0.5) is 0 Å². The number of nitrogens with one attached hydrogen (secondary N) is 1. The summed E-state index contributed by atoms with van der Waals surface area (Å²) in [7, 11) is 0.